The highest BCUT2D eigenvalue weighted by Gasteiger charge is 2.32. The summed E-state index contributed by atoms with van der Waals surface area (Å²) in [6.07, 6.45) is 0. The Morgan fingerprint density at radius 2 is 2.36 bits per heavy atom. The second kappa shape index (κ2) is 4.33. The Balaban J connectivity index is 0.000000980. The van der Waals surface area contributed by atoms with Crippen molar-refractivity contribution in [2.75, 3.05) is 19.0 Å². The quantitative estimate of drug-likeness (QED) is 0.668. The number of allylic oxidation sites excluding steroid dienone is 1. The number of halogens is 2. The number of hydrogen-bond donors (Lipinski definition) is 0. The molecule has 0 spiro atoms. The predicted octanol–water partition coefficient (Wildman–Crippen LogP) is 2.93. The maximum Gasteiger partial charge on any atom is 0.167 e. The highest BCUT2D eigenvalue weighted by Crippen LogP contribution is 2.34. The van der Waals surface area contributed by atoms with Gasteiger partial charge in [-0.2, -0.15) is 0 Å². The van der Waals surface area contributed by atoms with Gasteiger partial charge in [0.15, 0.2) is 5.17 Å². The summed E-state index contributed by atoms with van der Waals surface area (Å²) in [5, 5.41) is 3.22. The zero-order valence-electron chi connectivity index (χ0n) is 8.29. The molecule has 0 fully saturated rings. The fourth-order valence-corrected chi connectivity index (χ4v) is 2.74. The molecule has 0 amide bonds. The van der Waals surface area contributed by atoms with Crippen molar-refractivity contribution >= 4 is 40.9 Å². The van der Waals surface area contributed by atoms with E-state index in [2.05, 4.69) is 29.1 Å². The second-order valence-corrected chi connectivity index (χ2v) is 5.31. The minimum Gasteiger partial charge on any atom is -0.322 e. The molecular formula is C9H14Cl2N2S. The number of nitrogens with zero attached hydrogens (tertiary/aromatic N) is 2. The molecule has 2 rings (SSSR count). The summed E-state index contributed by atoms with van der Waals surface area (Å²) in [7, 11) is 0. The first-order valence-corrected chi connectivity index (χ1v) is 5.77. The molecule has 0 aromatic carbocycles. The Morgan fingerprint density at radius 3 is 3.00 bits per heavy atom. The summed E-state index contributed by atoms with van der Waals surface area (Å²) in [5.74, 6) is 0.585. The van der Waals surface area contributed by atoms with Gasteiger partial charge in [-0.05, 0) is 5.41 Å². The van der Waals surface area contributed by atoms with Gasteiger partial charge in [-0.3, -0.25) is 4.99 Å². The summed E-state index contributed by atoms with van der Waals surface area (Å²) in [6.45, 7) is 6.44. The lowest BCUT2D eigenvalue weighted by atomic mass is 9.92. The van der Waals surface area contributed by atoms with Crippen molar-refractivity contribution in [2.24, 2.45) is 10.4 Å². The zero-order valence-corrected chi connectivity index (χ0v) is 10.7. The zero-order chi connectivity index (χ0) is 9.47. The molecule has 0 radical (unpaired) electrons. The minimum absolute atomic E-state index is 0. The predicted molar refractivity (Wildman–Crippen MR) is 66.4 cm³/mol. The Hall–Kier alpha value is 0.140. The molecule has 0 aromatic heterocycles. The lowest BCUT2D eigenvalue weighted by Gasteiger charge is -2.35. The van der Waals surface area contributed by atoms with Crippen molar-refractivity contribution in [1.29, 1.82) is 0 Å². The van der Waals surface area contributed by atoms with E-state index in [9.17, 15) is 0 Å². The van der Waals surface area contributed by atoms with Crippen LogP contribution in [-0.4, -0.2) is 29.0 Å². The van der Waals surface area contributed by atoms with Gasteiger partial charge in [0.1, 0.15) is 0 Å². The molecule has 2 nitrogen and oxygen atoms in total. The van der Waals surface area contributed by atoms with Crippen LogP contribution in [0.1, 0.15) is 13.8 Å². The van der Waals surface area contributed by atoms with Gasteiger partial charge < -0.3 is 4.90 Å². The van der Waals surface area contributed by atoms with E-state index in [4.69, 9.17) is 11.6 Å². The van der Waals surface area contributed by atoms with Gasteiger partial charge in [0.2, 0.25) is 0 Å². The first-order valence-electron chi connectivity index (χ1n) is 4.36. The van der Waals surface area contributed by atoms with Crippen LogP contribution in [-0.2, 0) is 0 Å². The van der Waals surface area contributed by atoms with Gasteiger partial charge >= 0.3 is 0 Å². The molecule has 0 unspecified atom stereocenters. The number of alkyl halides is 1. The third-order valence-corrected chi connectivity index (χ3v) is 3.47. The number of fused-ring (bicyclic) bond motifs is 1. The smallest absolute Gasteiger partial charge is 0.167 e. The lowest BCUT2D eigenvalue weighted by molar-refractivity contribution is 0.277. The van der Waals surface area contributed by atoms with E-state index < -0.39 is 0 Å². The molecule has 14 heavy (non-hydrogen) atoms. The van der Waals surface area contributed by atoms with Crippen molar-refractivity contribution in [3.05, 3.63) is 11.1 Å². The van der Waals surface area contributed by atoms with Crippen LogP contribution in [0, 0.1) is 5.41 Å². The van der Waals surface area contributed by atoms with Gasteiger partial charge in [-0.1, -0.05) is 25.6 Å². The normalized spacial score (nSPS) is 23.5. The van der Waals surface area contributed by atoms with Crippen LogP contribution < -0.4 is 0 Å². The SMILES string of the molecule is CC1(C)CN=C2SC=C(CCl)N2C1.Cl. The van der Waals surface area contributed by atoms with Crippen LogP contribution in [0.5, 0.6) is 0 Å². The lowest BCUT2D eigenvalue weighted by Crippen LogP contribution is -2.41. The van der Waals surface area contributed by atoms with Crippen molar-refractivity contribution in [3.8, 4) is 0 Å². The maximum atomic E-state index is 5.84. The molecule has 0 aliphatic carbocycles. The molecule has 5 heteroatoms. The van der Waals surface area contributed by atoms with Crippen LogP contribution in [0.3, 0.4) is 0 Å². The van der Waals surface area contributed by atoms with E-state index >= 15 is 0 Å². The van der Waals surface area contributed by atoms with E-state index in [1.54, 1.807) is 11.8 Å². The third kappa shape index (κ3) is 2.20. The Morgan fingerprint density at radius 1 is 1.64 bits per heavy atom. The Labute approximate surface area is 100 Å². The number of rotatable bonds is 1. The van der Waals surface area contributed by atoms with Crippen molar-refractivity contribution in [1.82, 2.24) is 4.90 Å². The Kier molecular flexibility index (Phi) is 3.78. The maximum absolute atomic E-state index is 5.84. The van der Waals surface area contributed by atoms with E-state index in [0.29, 0.717) is 5.88 Å². The van der Waals surface area contributed by atoms with Crippen molar-refractivity contribution < 1.29 is 0 Å². The average molecular weight is 253 g/mol. The summed E-state index contributed by atoms with van der Waals surface area (Å²) < 4.78 is 0. The number of amidine groups is 1. The standard InChI is InChI=1S/C9H13ClN2S.ClH/c1-9(2)5-11-8-12(6-9)7(3-10)4-13-8;/h4H,3,5-6H2,1-2H3;1H. The average Bonchev–Trinajstić information content (AvgIpc) is 2.44. The molecule has 2 aliphatic rings. The van der Waals surface area contributed by atoms with Crippen LogP contribution in [0.2, 0.25) is 0 Å². The molecule has 0 aromatic rings. The number of thioether (sulfide) groups is 1. The molecule has 0 atom stereocenters. The molecule has 0 saturated heterocycles. The van der Waals surface area contributed by atoms with Crippen LogP contribution in [0.15, 0.2) is 16.1 Å². The van der Waals surface area contributed by atoms with Crippen LogP contribution >= 0.6 is 35.8 Å². The Bertz CT molecular complexity index is 287. The fourth-order valence-electron chi connectivity index (χ4n) is 1.53. The highest BCUT2D eigenvalue weighted by atomic mass is 35.5. The fraction of sp³-hybridized carbons (Fsp3) is 0.667. The molecule has 2 heterocycles. The van der Waals surface area contributed by atoms with Gasteiger partial charge in [-0.15, -0.1) is 24.0 Å². The second-order valence-electron chi connectivity index (χ2n) is 4.21. The first kappa shape index (κ1) is 12.2. The van der Waals surface area contributed by atoms with Gasteiger partial charge in [0, 0.05) is 24.2 Å². The molecule has 80 valence electrons. The molecule has 0 bridgehead atoms. The van der Waals surface area contributed by atoms with Crippen LogP contribution in [0.4, 0.5) is 0 Å². The summed E-state index contributed by atoms with van der Waals surface area (Å²) >= 11 is 7.53. The van der Waals surface area contributed by atoms with E-state index in [1.165, 1.54) is 5.70 Å². The highest BCUT2D eigenvalue weighted by molar-refractivity contribution is 8.16. The van der Waals surface area contributed by atoms with E-state index in [0.717, 1.165) is 18.3 Å². The first-order chi connectivity index (χ1) is 6.12. The van der Waals surface area contributed by atoms with Crippen LogP contribution in [0.25, 0.3) is 0 Å². The molecule has 2 aliphatic heterocycles. The molecule has 0 N–H and O–H groups in total. The van der Waals surface area contributed by atoms with E-state index in [1.807, 2.05) is 0 Å². The summed E-state index contributed by atoms with van der Waals surface area (Å²) in [4.78, 5) is 6.77. The van der Waals surface area contributed by atoms with Crippen molar-refractivity contribution in [3.63, 3.8) is 0 Å². The monoisotopic (exact) mass is 252 g/mol. The van der Waals surface area contributed by atoms with Gasteiger partial charge in [0.25, 0.3) is 0 Å². The summed E-state index contributed by atoms with van der Waals surface area (Å²) in [5.41, 5.74) is 1.47. The van der Waals surface area contributed by atoms with E-state index in [-0.39, 0.29) is 17.8 Å². The topological polar surface area (TPSA) is 15.6 Å². The molecular weight excluding hydrogens is 239 g/mol. The van der Waals surface area contributed by atoms with Gasteiger partial charge in [-0.25, -0.2) is 0 Å². The van der Waals surface area contributed by atoms with Gasteiger partial charge in [0.05, 0.1) is 5.88 Å². The number of hydrogen-bond acceptors (Lipinski definition) is 3. The number of aliphatic imine (C=N–C) groups is 1. The van der Waals surface area contributed by atoms with Crippen molar-refractivity contribution in [2.45, 2.75) is 13.8 Å². The minimum atomic E-state index is 0. The summed E-state index contributed by atoms with van der Waals surface area (Å²) in [6, 6.07) is 0. The third-order valence-electron chi connectivity index (χ3n) is 2.24. The largest absolute Gasteiger partial charge is 0.322 e. The molecule has 0 saturated carbocycles.